The summed E-state index contributed by atoms with van der Waals surface area (Å²) in [6, 6.07) is 6.87. The second-order valence-corrected chi connectivity index (χ2v) is 8.01. The first-order valence-corrected chi connectivity index (χ1v) is 9.52. The molecule has 7 nitrogen and oxygen atoms in total. The number of nitrogens with zero attached hydrogens (tertiary/aromatic N) is 1. The molecular formula is C15H12Cl2F2N2O5S. The van der Waals surface area contributed by atoms with Gasteiger partial charge in [0.2, 0.25) is 9.84 Å². The Bertz CT molecular complexity index is 952. The summed E-state index contributed by atoms with van der Waals surface area (Å²) in [5.41, 5.74) is -0.711. The van der Waals surface area contributed by atoms with E-state index in [4.69, 9.17) is 23.2 Å². The lowest BCUT2D eigenvalue weighted by Crippen LogP contribution is -2.15. The Labute approximate surface area is 162 Å². The van der Waals surface area contributed by atoms with Gasteiger partial charge in [0.05, 0.1) is 15.9 Å². The molecule has 0 aliphatic rings. The van der Waals surface area contributed by atoms with E-state index in [1.54, 1.807) is 6.07 Å². The molecule has 2 rings (SSSR count). The maximum Gasteiger partial charge on any atom is 0.341 e. The molecule has 2 aromatic rings. The second-order valence-electron chi connectivity index (χ2n) is 5.27. The number of sulfone groups is 1. The van der Waals surface area contributed by atoms with Crippen molar-refractivity contribution in [2.45, 2.75) is 16.8 Å². The minimum absolute atomic E-state index is 0.171. The zero-order valence-corrected chi connectivity index (χ0v) is 15.6. The average molecular weight is 441 g/mol. The van der Waals surface area contributed by atoms with Crippen molar-refractivity contribution >= 4 is 44.4 Å². The molecule has 0 radical (unpaired) electrons. The van der Waals surface area contributed by atoms with Gasteiger partial charge in [-0.3, -0.25) is 10.1 Å². The third kappa shape index (κ3) is 4.64. The summed E-state index contributed by atoms with van der Waals surface area (Å²) in [5, 5.41) is 24.3. The number of rotatable bonds is 7. The smallest absolute Gasteiger partial charge is 0.341 e. The molecule has 146 valence electrons. The number of nitrogens with one attached hydrogen (secondary N) is 1. The van der Waals surface area contributed by atoms with Gasteiger partial charge < -0.3 is 10.4 Å². The zero-order chi connectivity index (χ0) is 20.4. The summed E-state index contributed by atoms with van der Waals surface area (Å²) in [4.78, 5) is 9.36. The van der Waals surface area contributed by atoms with Gasteiger partial charge in [0, 0.05) is 28.2 Å². The molecule has 0 spiro atoms. The largest absolute Gasteiger partial charge is 0.386 e. The summed E-state index contributed by atoms with van der Waals surface area (Å²) in [6.45, 7) is -0.259. The number of aliphatic hydroxyl groups excluding tert-OH is 1. The maximum absolute atomic E-state index is 12.6. The normalized spacial score (nSPS) is 12.8. The van der Waals surface area contributed by atoms with E-state index in [0.29, 0.717) is 6.07 Å². The molecule has 0 aliphatic carbocycles. The predicted octanol–water partition coefficient (Wildman–Crippen LogP) is 4.04. The Morgan fingerprint density at radius 3 is 2.30 bits per heavy atom. The Balaban J connectivity index is 2.30. The molecule has 1 atom stereocenters. The molecule has 0 bridgehead atoms. The van der Waals surface area contributed by atoms with Crippen molar-refractivity contribution in [1.82, 2.24) is 0 Å². The van der Waals surface area contributed by atoms with Gasteiger partial charge in [-0.25, -0.2) is 8.42 Å². The SMILES string of the molecule is O=[N+]([O-])c1cc(S(=O)(=O)C(F)F)ccc1NCC(O)c1c(Cl)cccc1Cl. The van der Waals surface area contributed by atoms with Crippen LogP contribution in [0.2, 0.25) is 10.0 Å². The first-order valence-electron chi connectivity index (χ1n) is 7.22. The van der Waals surface area contributed by atoms with Gasteiger partial charge in [-0.2, -0.15) is 8.78 Å². The number of alkyl halides is 2. The molecule has 0 heterocycles. The lowest BCUT2D eigenvalue weighted by atomic mass is 10.1. The molecule has 0 fully saturated rings. The highest BCUT2D eigenvalue weighted by Gasteiger charge is 2.29. The number of hydrogen-bond acceptors (Lipinski definition) is 6. The van der Waals surface area contributed by atoms with E-state index in [0.717, 1.165) is 12.1 Å². The van der Waals surface area contributed by atoms with Crippen LogP contribution in [0.1, 0.15) is 11.7 Å². The highest BCUT2D eigenvalue weighted by Crippen LogP contribution is 2.33. The lowest BCUT2D eigenvalue weighted by molar-refractivity contribution is -0.384. The monoisotopic (exact) mass is 440 g/mol. The third-order valence-electron chi connectivity index (χ3n) is 3.55. The van der Waals surface area contributed by atoms with Crippen molar-refractivity contribution in [3.8, 4) is 0 Å². The van der Waals surface area contributed by atoms with Crippen LogP contribution in [0.4, 0.5) is 20.2 Å². The third-order valence-corrected chi connectivity index (χ3v) is 5.59. The summed E-state index contributed by atoms with van der Waals surface area (Å²) < 4.78 is 48.2. The number of aliphatic hydroxyl groups is 1. The van der Waals surface area contributed by atoms with E-state index in [-0.39, 0.29) is 27.8 Å². The molecule has 12 heteroatoms. The van der Waals surface area contributed by atoms with Gasteiger partial charge in [-0.15, -0.1) is 0 Å². The number of anilines is 1. The van der Waals surface area contributed by atoms with Crippen LogP contribution in [0.15, 0.2) is 41.3 Å². The van der Waals surface area contributed by atoms with Crippen LogP contribution in [-0.4, -0.2) is 30.7 Å². The van der Waals surface area contributed by atoms with Crippen LogP contribution >= 0.6 is 23.2 Å². The lowest BCUT2D eigenvalue weighted by Gasteiger charge is -2.16. The van der Waals surface area contributed by atoms with Crippen LogP contribution < -0.4 is 5.32 Å². The van der Waals surface area contributed by atoms with Gasteiger partial charge in [-0.05, 0) is 24.3 Å². The second kappa shape index (κ2) is 8.34. The summed E-state index contributed by atoms with van der Waals surface area (Å²) in [6.07, 6.45) is -1.24. The van der Waals surface area contributed by atoms with Crippen LogP contribution in [-0.2, 0) is 9.84 Å². The molecule has 0 amide bonds. The average Bonchev–Trinajstić information content (AvgIpc) is 2.59. The van der Waals surface area contributed by atoms with Gasteiger partial charge in [0.25, 0.3) is 5.69 Å². The first kappa shape index (κ1) is 21.3. The Morgan fingerprint density at radius 2 is 1.78 bits per heavy atom. The quantitative estimate of drug-likeness (QED) is 0.496. The van der Waals surface area contributed by atoms with E-state index in [2.05, 4.69) is 5.32 Å². The van der Waals surface area contributed by atoms with Gasteiger partial charge in [0.15, 0.2) is 0 Å². The van der Waals surface area contributed by atoms with Gasteiger partial charge >= 0.3 is 5.76 Å². The van der Waals surface area contributed by atoms with Crippen LogP contribution in [0.25, 0.3) is 0 Å². The fourth-order valence-corrected chi connectivity index (χ4v) is 3.62. The Morgan fingerprint density at radius 1 is 1.19 bits per heavy atom. The van der Waals surface area contributed by atoms with Gasteiger partial charge in [0.1, 0.15) is 5.69 Å². The maximum atomic E-state index is 12.6. The highest BCUT2D eigenvalue weighted by atomic mass is 35.5. The Kier molecular flexibility index (Phi) is 6.58. The molecule has 2 aromatic carbocycles. The highest BCUT2D eigenvalue weighted by molar-refractivity contribution is 7.91. The molecule has 2 N–H and O–H groups in total. The van der Waals surface area contributed by atoms with Crippen molar-refractivity contribution in [1.29, 1.82) is 0 Å². The van der Waals surface area contributed by atoms with E-state index >= 15 is 0 Å². The van der Waals surface area contributed by atoms with Crippen molar-refractivity contribution in [2.24, 2.45) is 0 Å². The fourth-order valence-electron chi connectivity index (χ4n) is 2.23. The molecule has 1 unspecified atom stereocenters. The molecule has 0 saturated carbocycles. The van der Waals surface area contributed by atoms with Crippen molar-refractivity contribution in [3.05, 3.63) is 62.1 Å². The van der Waals surface area contributed by atoms with Crippen molar-refractivity contribution < 1.29 is 27.2 Å². The zero-order valence-electron chi connectivity index (χ0n) is 13.3. The minimum Gasteiger partial charge on any atom is -0.386 e. The fraction of sp³-hybridized carbons (Fsp3) is 0.200. The van der Waals surface area contributed by atoms with E-state index in [9.17, 15) is 32.4 Å². The first-order chi connectivity index (χ1) is 12.6. The number of hydrogen-bond donors (Lipinski definition) is 2. The molecule has 27 heavy (non-hydrogen) atoms. The molecule has 0 aromatic heterocycles. The van der Waals surface area contributed by atoms with Crippen molar-refractivity contribution in [2.75, 3.05) is 11.9 Å². The molecule has 0 saturated heterocycles. The summed E-state index contributed by atoms with van der Waals surface area (Å²) in [5.74, 6) is -3.71. The molecular weight excluding hydrogens is 429 g/mol. The number of halogens is 4. The standard InChI is InChI=1S/C15H12Cl2F2N2O5S/c16-9-2-1-3-10(17)14(9)13(22)7-20-11-5-4-8(6-12(11)21(23)24)27(25,26)15(18)19/h1-6,13,15,20,22H,7H2. The van der Waals surface area contributed by atoms with E-state index in [1.165, 1.54) is 12.1 Å². The van der Waals surface area contributed by atoms with Crippen LogP contribution in [0.5, 0.6) is 0 Å². The molecule has 0 aliphatic heterocycles. The predicted molar refractivity (Wildman–Crippen MR) is 96.2 cm³/mol. The minimum atomic E-state index is -4.99. The van der Waals surface area contributed by atoms with Crippen molar-refractivity contribution in [3.63, 3.8) is 0 Å². The summed E-state index contributed by atoms with van der Waals surface area (Å²) in [7, 11) is -4.99. The van der Waals surface area contributed by atoms with Crippen LogP contribution in [0.3, 0.4) is 0 Å². The van der Waals surface area contributed by atoms with E-state index < -0.39 is 37.2 Å². The van der Waals surface area contributed by atoms with Gasteiger partial charge in [-0.1, -0.05) is 29.3 Å². The van der Waals surface area contributed by atoms with Crippen LogP contribution in [0, 0.1) is 10.1 Å². The topological polar surface area (TPSA) is 110 Å². The Hall–Kier alpha value is -2.01. The number of nitro groups is 1. The van der Waals surface area contributed by atoms with E-state index in [1.807, 2.05) is 0 Å². The number of benzene rings is 2. The number of nitro benzene ring substituents is 1. The summed E-state index contributed by atoms with van der Waals surface area (Å²) >= 11 is 11.9.